The Kier molecular flexibility index (Phi) is 7.91. The van der Waals surface area contributed by atoms with Crippen LogP contribution in [0.4, 0.5) is 0 Å². The standard InChI is InChI=1S/C18H21NO3.C18H23NO3.C2H6/c1-19-8-7-18-11-4-5-13(20)17(18)22-16-14(21-2)6-3-10(15(16)18)9-12(11)19;1-19-8-7-18-10-12(20)4-5-13(18)14(19)9-11-3-6-15(22-2)17(21)16(11)18;1-2/h3,6,11-12,17H,4-5,7-9H2,1-2H3;3,6,13-14,21H,4-5,7-10H2,1-2H3;1-2H3/t11-,12?,17-,18-;13?,14?,18-;/m01./s1. The number of methoxy groups -OCH3 is 2. The molecule has 0 radical (unpaired) electrons. The number of Topliss-reactive ketones (excluding diaryl/α,β-unsaturated/α-hetero) is 2. The highest BCUT2D eigenvalue weighted by molar-refractivity contribution is 5.89. The van der Waals surface area contributed by atoms with Crippen LogP contribution in [0, 0.1) is 11.8 Å². The molecule has 2 aromatic rings. The Hall–Kier alpha value is -3.10. The highest BCUT2D eigenvalue weighted by Gasteiger charge is 2.65. The summed E-state index contributed by atoms with van der Waals surface area (Å²) in [6.45, 7) is 6.04. The van der Waals surface area contributed by atoms with E-state index in [-0.39, 0.29) is 28.5 Å². The molecule has 3 heterocycles. The number of hydrogen-bond acceptors (Lipinski definition) is 8. The Morgan fingerprint density at radius 3 is 2.13 bits per heavy atom. The minimum Gasteiger partial charge on any atom is -0.504 e. The number of carbonyl (C=O) groups excluding carboxylic acids is 2. The molecule has 248 valence electrons. The SMILES string of the molecule is CC.COc1ccc2c(c1O)[C@@]13CCN(C)C(C2)C1CCC(=O)C3.COc1ccc2c3c1O[C@H]1C(=O)CC[C@H]4C(C2)N(C)CC[C@]314. The molecule has 0 amide bonds. The first-order valence-electron chi connectivity index (χ1n) is 17.4. The summed E-state index contributed by atoms with van der Waals surface area (Å²) in [5, 5.41) is 10.8. The molecular weight excluding hydrogens is 580 g/mol. The van der Waals surface area contributed by atoms with Crippen molar-refractivity contribution in [2.75, 3.05) is 41.4 Å². The molecule has 1 spiro atoms. The van der Waals surface area contributed by atoms with Crippen molar-refractivity contribution in [3.63, 3.8) is 0 Å². The fraction of sp³-hybridized carbons (Fsp3) is 0.632. The maximum atomic E-state index is 12.6. The Balaban J connectivity index is 0.000000140. The van der Waals surface area contributed by atoms with E-state index < -0.39 is 0 Å². The molecule has 4 bridgehead atoms. The molecule has 8 nitrogen and oxygen atoms in total. The number of benzene rings is 2. The summed E-state index contributed by atoms with van der Waals surface area (Å²) in [5.41, 5.74) is 4.60. The number of ketones is 2. The lowest BCUT2D eigenvalue weighted by Crippen LogP contribution is -2.65. The van der Waals surface area contributed by atoms with E-state index in [1.165, 1.54) is 16.7 Å². The zero-order chi connectivity index (χ0) is 32.5. The van der Waals surface area contributed by atoms with E-state index >= 15 is 0 Å². The average molecular weight is 631 g/mol. The van der Waals surface area contributed by atoms with Crippen LogP contribution in [0.15, 0.2) is 24.3 Å². The van der Waals surface area contributed by atoms with E-state index in [9.17, 15) is 14.7 Å². The van der Waals surface area contributed by atoms with E-state index in [1.54, 1.807) is 14.2 Å². The first-order valence-corrected chi connectivity index (χ1v) is 17.4. The molecule has 7 aliphatic rings. The van der Waals surface area contributed by atoms with Crippen molar-refractivity contribution in [3.05, 3.63) is 46.5 Å². The normalized spacial score (nSPS) is 34.8. The van der Waals surface area contributed by atoms with Gasteiger partial charge in [0.15, 0.2) is 34.9 Å². The molecule has 2 saturated heterocycles. The van der Waals surface area contributed by atoms with E-state index in [0.29, 0.717) is 54.7 Å². The molecule has 8 heteroatoms. The van der Waals surface area contributed by atoms with Crippen molar-refractivity contribution >= 4 is 11.6 Å². The monoisotopic (exact) mass is 630 g/mol. The van der Waals surface area contributed by atoms with Crippen molar-refractivity contribution in [3.8, 4) is 23.0 Å². The van der Waals surface area contributed by atoms with Gasteiger partial charge in [0.05, 0.1) is 14.2 Å². The second-order valence-electron chi connectivity index (χ2n) is 14.5. The van der Waals surface area contributed by atoms with Crippen molar-refractivity contribution in [1.82, 2.24) is 9.80 Å². The topological polar surface area (TPSA) is 88.5 Å². The van der Waals surface area contributed by atoms with Crippen molar-refractivity contribution in [2.45, 2.75) is 101 Å². The molecule has 46 heavy (non-hydrogen) atoms. The highest BCUT2D eigenvalue weighted by atomic mass is 16.5. The Morgan fingerprint density at radius 1 is 0.826 bits per heavy atom. The van der Waals surface area contributed by atoms with Gasteiger partial charge < -0.3 is 29.1 Å². The number of ether oxygens (including phenoxy) is 3. The number of hydrogen-bond donors (Lipinski definition) is 1. The van der Waals surface area contributed by atoms with Crippen molar-refractivity contribution in [2.24, 2.45) is 11.8 Å². The zero-order valence-electron chi connectivity index (χ0n) is 28.4. The quantitative estimate of drug-likeness (QED) is 0.483. The van der Waals surface area contributed by atoms with Gasteiger partial charge in [0, 0.05) is 53.3 Å². The Morgan fingerprint density at radius 2 is 1.43 bits per heavy atom. The number of likely N-dealkylation sites (tertiary alicyclic amines) is 2. The summed E-state index contributed by atoms with van der Waals surface area (Å²) in [4.78, 5) is 29.8. The van der Waals surface area contributed by atoms with Gasteiger partial charge in [-0.15, -0.1) is 0 Å². The molecular formula is C38H50N2O6. The Labute approximate surface area is 273 Å². The third-order valence-electron chi connectivity index (χ3n) is 12.9. The molecule has 2 aromatic carbocycles. The van der Waals surface area contributed by atoms with Crippen LogP contribution >= 0.6 is 0 Å². The number of phenolic OH excluding ortho intramolecular Hbond substituents is 1. The molecule has 0 aromatic heterocycles. The lowest BCUT2D eigenvalue weighted by molar-refractivity contribution is -0.138. The van der Waals surface area contributed by atoms with Crippen LogP contribution in [-0.2, 0) is 33.3 Å². The zero-order valence-corrected chi connectivity index (χ0v) is 28.4. The number of nitrogens with zero attached hydrogens (tertiary/aromatic N) is 2. The van der Waals surface area contributed by atoms with Crippen LogP contribution in [-0.4, -0.2) is 86.1 Å². The molecule has 1 N–H and O–H groups in total. The number of aromatic hydroxyl groups is 1. The summed E-state index contributed by atoms with van der Waals surface area (Å²) in [5.74, 6) is 4.06. The molecule has 3 aliphatic heterocycles. The van der Waals surface area contributed by atoms with Crippen LogP contribution in [0.3, 0.4) is 0 Å². The number of rotatable bonds is 2. The van der Waals surface area contributed by atoms with Crippen molar-refractivity contribution < 1.29 is 28.9 Å². The minimum atomic E-state index is -0.284. The molecule has 2 saturated carbocycles. The van der Waals surface area contributed by atoms with Gasteiger partial charge in [-0.2, -0.15) is 0 Å². The van der Waals surface area contributed by atoms with E-state index in [0.717, 1.165) is 68.7 Å². The summed E-state index contributed by atoms with van der Waals surface area (Å²) >= 11 is 0. The molecule has 7 atom stereocenters. The van der Waals surface area contributed by atoms with Gasteiger partial charge in [-0.25, -0.2) is 0 Å². The summed E-state index contributed by atoms with van der Waals surface area (Å²) in [6.07, 6.45) is 7.60. The third-order valence-corrected chi connectivity index (χ3v) is 12.9. The summed E-state index contributed by atoms with van der Waals surface area (Å²) in [6, 6.07) is 9.15. The van der Waals surface area contributed by atoms with Gasteiger partial charge in [0.2, 0.25) is 0 Å². The third kappa shape index (κ3) is 4.24. The second kappa shape index (κ2) is 11.6. The molecule has 4 aliphatic carbocycles. The Bertz CT molecular complexity index is 1540. The first kappa shape index (κ1) is 31.5. The van der Waals surface area contributed by atoms with Crippen LogP contribution in [0.1, 0.15) is 81.0 Å². The smallest absolute Gasteiger partial charge is 0.174 e. The van der Waals surface area contributed by atoms with Gasteiger partial charge in [0.25, 0.3) is 0 Å². The maximum Gasteiger partial charge on any atom is 0.174 e. The van der Waals surface area contributed by atoms with Crippen LogP contribution in [0.25, 0.3) is 0 Å². The molecule has 3 unspecified atom stereocenters. The second-order valence-corrected chi connectivity index (χ2v) is 14.5. The molecule has 9 rings (SSSR count). The fourth-order valence-electron chi connectivity index (χ4n) is 10.9. The van der Waals surface area contributed by atoms with E-state index in [1.807, 2.05) is 26.0 Å². The average Bonchev–Trinajstić information content (AvgIpc) is 3.42. The molecule has 4 fully saturated rings. The number of carbonyl (C=O) groups is 2. The van der Waals surface area contributed by atoms with Gasteiger partial charge in [-0.1, -0.05) is 26.0 Å². The highest BCUT2D eigenvalue weighted by Crippen LogP contribution is 2.63. The first-order chi connectivity index (χ1) is 22.2. The predicted octanol–water partition coefficient (Wildman–Crippen LogP) is 5.23. The van der Waals surface area contributed by atoms with Gasteiger partial charge in [0.1, 0.15) is 5.78 Å². The minimum absolute atomic E-state index is 0.0933. The fourth-order valence-corrected chi connectivity index (χ4v) is 10.9. The summed E-state index contributed by atoms with van der Waals surface area (Å²) in [7, 11) is 7.69. The van der Waals surface area contributed by atoms with E-state index in [2.05, 4.69) is 36.0 Å². The van der Waals surface area contributed by atoms with Crippen molar-refractivity contribution in [1.29, 1.82) is 0 Å². The van der Waals surface area contributed by atoms with Gasteiger partial charge in [-0.3, -0.25) is 9.59 Å². The van der Waals surface area contributed by atoms with Crippen LogP contribution < -0.4 is 14.2 Å². The predicted molar refractivity (Wildman–Crippen MR) is 176 cm³/mol. The lowest BCUT2D eigenvalue weighted by Gasteiger charge is -2.58. The number of piperidine rings is 2. The van der Waals surface area contributed by atoms with Gasteiger partial charge >= 0.3 is 0 Å². The largest absolute Gasteiger partial charge is 0.504 e. The van der Waals surface area contributed by atoms with Crippen LogP contribution in [0.5, 0.6) is 23.0 Å². The number of phenols is 1. The summed E-state index contributed by atoms with van der Waals surface area (Å²) < 4.78 is 17.1. The van der Waals surface area contributed by atoms with E-state index in [4.69, 9.17) is 14.2 Å². The van der Waals surface area contributed by atoms with Crippen LogP contribution in [0.2, 0.25) is 0 Å². The number of fused-ring (bicyclic) bond motifs is 1. The number of likely N-dealkylation sites (N-methyl/N-ethyl adjacent to an activating group) is 2. The van der Waals surface area contributed by atoms with Gasteiger partial charge in [-0.05, 0) is 101 Å². The lowest BCUT2D eigenvalue weighted by atomic mass is 9.52. The maximum absolute atomic E-state index is 12.6.